The fourth-order valence-corrected chi connectivity index (χ4v) is 3.91. The fourth-order valence-electron chi connectivity index (χ4n) is 3.91. The fraction of sp³-hybridized carbons (Fsp3) is 0.471. The van der Waals surface area contributed by atoms with Gasteiger partial charge in [-0.1, -0.05) is 18.9 Å². The van der Waals surface area contributed by atoms with E-state index in [0.717, 1.165) is 25.2 Å². The summed E-state index contributed by atoms with van der Waals surface area (Å²) in [7, 11) is 0. The topological polar surface area (TPSA) is 28.2 Å². The molecule has 2 aliphatic rings. The maximum absolute atomic E-state index is 4.48. The Bertz CT molecular complexity index is 611. The van der Waals surface area contributed by atoms with E-state index in [1.807, 2.05) is 12.3 Å². The van der Waals surface area contributed by atoms with E-state index >= 15 is 0 Å². The van der Waals surface area contributed by atoms with Crippen molar-refractivity contribution in [2.24, 2.45) is 0 Å². The summed E-state index contributed by atoms with van der Waals surface area (Å²) in [5.74, 6) is 0. The highest BCUT2D eigenvalue weighted by atomic mass is 15.2. The van der Waals surface area contributed by atoms with Gasteiger partial charge >= 0.3 is 0 Å². The molecular formula is C17H21N3. The molecule has 1 aliphatic heterocycles. The van der Waals surface area contributed by atoms with Gasteiger partial charge in [-0.2, -0.15) is 0 Å². The Morgan fingerprint density at radius 1 is 1.10 bits per heavy atom. The number of piperazine rings is 1. The number of aromatic nitrogens is 1. The second kappa shape index (κ2) is 4.74. The number of nitrogens with zero attached hydrogens (tertiary/aromatic N) is 2. The third-order valence-corrected chi connectivity index (χ3v) is 4.90. The quantitative estimate of drug-likeness (QED) is 0.861. The van der Waals surface area contributed by atoms with Gasteiger partial charge in [0.25, 0.3) is 0 Å². The van der Waals surface area contributed by atoms with Crippen molar-refractivity contribution < 1.29 is 0 Å². The van der Waals surface area contributed by atoms with Crippen LogP contribution in [0.3, 0.4) is 0 Å². The first kappa shape index (κ1) is 12.2. The van der Waals surface area contributed by atoms with Crippen LogP contribution in [0, 0.1) is 0 Å². The lowest BCUT2D eigenvalue weighted by Crippen LogP contribution is -2.59. The maximum atomic E-state index is 4.48. The van der Waals surface area contributed by atoms with E-state index < -0.39 is 0 Å². The third kappa shape index (κ3) is 1.97. The Morgan fingerprint density at radius 2 is 2.00 bits per heavy atom. The minimum Gasteiger partial charge on any atom is -0.368 e. The van der Waals surface area contributed by atoms with Crippen molar-refractivity contribution in [3.8, 4) is 0 Å². The molecule has 2 aromatic rings. The van der Waals surface area contributed by atoms with Gasteiger partial charge < -0.3 is 10.2 Å². The van der Waals surface area contributed by atoms with Crippen LogP contribution in [0.4, 0.5) is 5.69 Å². The molecule has 20 heavy (non-hydrogen) atoms. The lowest BCUT2D eigenvalue weighted by Gasteiger charge is -2.43. The van der Waals surface area contributed by atoms with Crippen molar-refractivity contribution in [3.63, 3.8) is 0 Å². The van der Waals surface area contributed by atoms with Crippen LogP contribution in [0.1, 0.15) is 25.7 Å². The van der Waals surface area contributed by atoms with E-state index in [1.54, 1.807) is 0 Å². The van der Waals surface area contributed by atoms with Crippen molar-refractivity contribution in [2.75, 3.05) is 24.5 Å². The van der Waals surface area contributed by atoms with Gasteiger partial charge in [0.2, 0.25) is 0 Å². The molecule has 0 bridgehead atoms. The highest BCUT2D eigenvalue weighted by molar-refractivity contribution is 5.91. The minimum absolute atomic E-state index is 0.364. The number of nitrogens with one attached hydrogen (secondary N) is 1. The molecule has 1 aliphatic carbocycles. The van der Waals surface area contributed by atoms with Gasteiger partial charge in [-0.3, -0.25) is 4.98 Å². The smallest absolute Gasteiger partial charge is 0.0722 e. The van der Waals surface area contributed by atoms with E-state index in [1.165, 1.54) is 36.8 Å². The predicted molar refractivity (Wildman–Crippen MR) is 83.2 cm³/mol. The SMILES string of the molecule is c1cc(N2CCNC3(CCCC3)C2)c2cccnc2c1. The summed E-state index contributed by atoms with van der Waals surface area (Å²) in [6, 6.07) is 10.7. The van der Waals surface area contributed by atoms with Crippen LogP contribution < -0.4 is 10.2 Å². The van der Waals surface area contributed by atoms with Crippen molar-refractivity contribution >= 4 is 16.6 Å². The van der Waals surface area contributed by atoms with Gasteiger partial charge in [-0.05, 0) is 37.1 Å². The van der Waals surface area contributed by atoms with Gasteiger partial charge in [0.1, 0.15) is 0 Å². The molecule has 4 rings (SSSR count). The first-order valence-electron chi connectivity index (χ1n) is 7.70. The van der Waals surface area contributed by atoms with Crippen LogP contribution in [0.2, 0.25) is 0 Å². The highest BCUT2D eigenvalue weighted by Gasteiger charge is 2.37. The summed E-state index contributed by atoms with van der Waals surface area (Å²) >= 11 is 0. The lowest BCUT2D eigenvalue weighted by molar-refractivity contribution is 0.304. The molecule has 2 heterocycles. The second-order valence-electron chi connectivity index (χ2n) is 6.18. The van der Waals surface area contributed by atoms with E-state index in [-0.39, 0.29) is 0 Å². The molecule has 1 aromatic carbocycles. The molecule has 1 saturated carbocycles. The largest absolute Gasteiger partial charge is 0.368 e. The highest BCUT2D eigenvalue weighted by Crippen LogP contribution is 2.35. The van der Waals surface area contributed by atoms with Crippen LogP contribution in [-0.4, -0.2) is 30.2 Å². The normalized spacial score (nSPS) is 21.7. The average Bonchev–Trinajstić information content (AvgIpc) is 2.94. The molecule has 1 saturated heterocycles. The van der Waals surface area contributed by atoms with Crippen LogP contribution in [0.25, 0.3) is 10.9 Å². The number of hydrogen-bond acceptors (Lipinski definition) is 3. The first-order chi connectivity index (χ1) is 9.86. The Labute approximate surface area is 120 Å². The number of anilines is 1. The third-order valence-electron chi connectivity index (χ3n) is 4.90. The number of fused-ring (bicyclic) bond motifs is 1. The van der Waals surface area contributed by atoms with E-state index in [4.69, 9.17) is 0 Å². The van der Waals surface area contributed by atoms with E-state index in [0.29, 0.717) is 5.54 Å². The van der Waals surface area contributed by atoms with Crippen molar-refractivity contribution in [3.05, 3.63) is 36.5 Å². The van der Waals surface area contributed by atoms with Gasteiger partial charge in [0, 0.05) is 42.4 Å². The summed E-state index contributed by atoms with van der Waals surface area (Å²) in [5.41, 5.74) is 2.81. The monoisotopic (exact) mass is 267 g/mol. The molecule has 1 N–H and O–H groups in total. The van der Waals surface area contributed by atoms with Gasteiger partial charge in [0.15, 0.2) is 0 Å². The van der Waals surface area contributed by atoms with Crippen molar-refractivity contribution in [1.82, 2.24) is 10.3 Å². The summed E-state index contributed by atoms with van der Waals surface area (Å²) in [6.45, 7) is 3.33. The number of benzene rings is 1. The molecule has 0 unspecified atom stereocenters. The summed E-state index contributed by atoms with van der Waals surface area (Å²) in [4.78, 5) is 7.04. The van der Waals surface area contributed by atoms with Crippen LogP contribution in [-0.2, 0) is 0 Å². The molecule has 104 valence electrons. The Balaban J connectivity index is 1.72. The molecule has 0 amide bonds. The predicted octanol–water partition coefficient (Wildman–Crippen LogP) is 2.96. The Hall–Kier alpha value is -1.61. The number of pyridine rings is 1. The molecule has 2 fully saturated rings. The second-order valence-corrected chi connectivity index (χ2v) is 6.18. The average molecular weight is 267 g/mol. The van der Waals surface area contributed by atoms with Crippen molar-refractivity contribution in [2.45, 2.75) is 31.2 Å². The molecule has 3 heteroatoms. The Kier molecular flexibility index (Phi) is 2.88. The lowest BCUT2D eigenvalue weighted by atomic mass is 9.94. The van der Waals surface area contributed by atoms with Crippen molar-refractivity contribution in [1.29, 1.82) is 0 Å². The first-order valence-corrected chi connectivity index (χ1v) is 7.70. The minimum atomic E-state index is 0.364. The zero-order valence-corrected chi connectivity index (χ0v) is 11.8. The molecule has 0 atom stereocenters. The number of hydrogen-bond donors (Lipinski definition) is 1. The Morgan fingerprint density at radius 3 is 2.90 bits per heavy atom. The molecule has 3 nitrogen and oxygen atoms in total. The summed E-state index contributed by atoms with van der Waals surface area (Å²) in [6.07, 6.45) is 7.28. The number of rotatable bonds is 1. The molecule has 1 spiro atoms. The van der Waals surface area contributed by atoms with Gasteiger partial charge in [0.05, 0.1) is 5.52 Å². The van der Waals surface area contributed by atoms with E-state index in [2.05, 4.69) is 39.5 Å². The standard InChI is InChI=1S/C17H21N3/c1-2-9-17(8-1)13-20(12-11-19-17)16-7-3-6-15-14(16)5-4-10-18-15/h3-7,10,19H,1-2,8-9,11-13H2. The summed E-state index contributed by atoms with van der Waals surface area (Å²) < 4.78 is 0. The maximum Gasteiger partial charge on any atom is 0.0722 e. The van der Waals surface area contributed by atoms with Crippen LogP contribution >= 0.6 is 0 Å². The van der Waals surface area contributed by atoms with Gasteiger partial charge in [-0.15, -0.1) is 0 Å². The zero-order chi connectivity index (χ0) is 13.4. The molecule has 1 aromatic heterocycles. The zero-order valence-electron chi connectivity index (χ0n) is 11.8. The van der Waals surface area contributed by atoms with Crippen LogP contribution in [0.5, 0.6) is 0 Å². The van der Waals surface area contributed by atoms with Crippen LogP contribution in [0.15, 0.2) is 36.5 Å². The molecule has 0 radical (unpaired) electrons. The molecular weight excluding hydrogens is 246 g/mol. The van der Waals surface area contributed by atoms with Gasteiger partial charge in [-0.25, -0.2) is 0 Å². The summed E-state index contributed by atoms with van der Waals surface area (Å²) in [5, 5.41) is 5.07. The van der Waals surface area contributed by atoms with E-state index in [9.17, 15) is 0 Å².